The maximum atomic E-state index is 13.3. The van der Waals surface area contributed by atoms with E-state index in [1.54, 1.807) is 0 Å². The van der Waals surface area contributed by atoms with Crippen molar-refractivity contribution in [2.24, 2.45) is 5.73 Å². The minimum absolute atomic E-state index is 0.244. The molecule has 5 heteroatoms. The number of hydrogen-bond donors (Lipinski definition) is 1. The number of benzene rings is 2. The molecule has 0 aliphatic rings. The lowest BCUT2D eigenvalue weighted by molar-refractivity contribution is 0.624. The number of anilines is 1. The fraction of sp³-hybridized carbons (Fsp3) is 0.133. The van der Waals surface area contributed by atoms with Gasteiger partial charge in [-0.15, -0.1) is 0 Å². The van der Waals surface area contributed by atoms with Crippen LogP contribution in [0.2, 0.25) is 0 Å². The van der Waals surface area contributed by atoms with Crippen LogP contribution in [0.5, 0.6) is 0 Å². The average Bonchev–Trinajstić information content (AvgIpc) is 2.37. The van der Waals surface area contributed by atoms with Gasteiger partial charge in [0.25, 0.3) is 0 Å². The Labute approximate surface area is 131 Å². The first-order valence-electron chi connectivity index (χ1n) is 6.01. The van der Waals surface area contributed by atoms with E-state index in [-0.39, 0.29) is 5.82 Å². The summed E-state index contributed by atoms with van der Waals surface area (Å²) in [5.41, 5.74) is 8.33. The first-order chi connectivity index (χ1) is 9.45. The molecule has 0 bridgehead atoms. The van der Waals surface area contributed by atoms with Gasteiger partial charge >= 0.3 is 0 Å². The molecule has 2 rings (SSSR count). The molecule has 0 saturated heterocycles. The first kappa shape index (κ1) is 14.9. The number of halogens is 2. The second kappa shape index (κ2) is 6.33. The monoisotopic (exact) mass is 352 g/mol. The molecule has 0 radical (unpaired) electrons. The Morgan fingerprint density at radius 2 is 1.90 bits per heavy atom. The Bertz CT molecular complexity index is 608. The molecule has 104 valence electrons. The van der Waals surface area contributed by atoms with Crippen molar-refractivity contribution in [3.63, 3.8) is 0 Å². The van der Waals surface area contributed by atoms with Gasteiger partial charge in [0.05, 0.1) is 0 Å². The molecule has 0 fully saturated rings. The normalized spacial score (nSPS) is 10.3. The number of rotatable bonds is 4. The number of nitrogens with zero attached hydrogens (tertiary/aromatic N) is 1. The van der Waals surface area contributed by atoms with Crippen LogP contribution < -0.4 is 10.6 Å². The van der Waals surface area contributed by atoms with E-state index in [4.69, 9.17) is 18.0 Å². The van der Waals surface area contributed by atoms with Gasteiger partial charge in [-0.1, -0.05) is 28.1 Å². The molecule has 0 aliphatic heterocycles. The Hall–Kier alpha value is -1.46. The molecule has 2 N–H and O–H groups in total. The standard InChI is InChI=1S/C15H14BrFN2S/c1-19(9-10-6-12(16)8-13(17)7-10)14-4-2-11(3-5-14)15(18)20/h2-8H,9H2,1H3,(H2,18,20). The molecule has 2 aromatic rings. The molecule has 0 saturated carbocycles. The van der Waals surface area contributed by atoms with E-state index in [0.29, 0.717) is 11.5 Å². The summed E-state index contributed by atoms with van der Waals surface area (Å²) in [6, 6.07) is 12.5. The second-order valence-electron chi connectivity index (χ2n) is 4.54. The van der Waals surface area contributed by atoms with Gasteiger partial charge in [0.15, 0.2) is 0 Å². The van der Waals surface area contributed by atoms with Crippen molar-refractivity contribution >= 4 is 38.8 Å². The van der Waals surface area contributed by atoms with Crippen molar-refractivity contribution in [3.05, 3.63) is 63.9 Å². The minimum Gasteiger partial charge on any atom is -0.389 e. The van der Waals surface area contributed by atoms with Crippen molar-refractivity contribution < 1.29 is 4.39 Å². The van der Waals surface area contributed by atoms with Gasteiger partial charge in [-0.2, -0.15) is 0 Å². The highest BCUT2D eigenvalue weighted by molar-refractivity contribution is 9.10. The first-order valence-corrected chi connectivity index (χ1v) is 7.22. The summed E-state index contributed by atoms with van der Waals surface area (Å²) in [4.78, 5) is 2.41. The van der Waals surface area contributed by atoms with Crippen LogP contribution in [0.4, 0.5) is 10.1 Å². The van der Waals surface area contributed by atoms with Gasteiger partial charge in [0.1, 0.15) is 10.8 Å². The van der Waals surface area contributed by atoms with Crippen LogP contribution in [0.3, 0.4) is 0 Å². The third-order valence-electron chi connectivity index (χ3n) is 2.93. The molecule has 2 aromatic carbocycles. The second-order valence-corrected chi connectivity index (χ2v) is 5.90. The van der Waals surface area contributed by atoms with E-state index in [0.717, 1.165) is 21.3 Å². The predicted molar refractivity (Wildman–Crippen MR) is 88.5 cm³/mol. The van der Waals surface area contributed by atoms with Gasteiger partial charge in [0.2, 0.25) is 0 Å². The average molecular weight is 353 g/mol. The van der Waals surface area contributed by atoms with E-state index in [9.17, 15) is 4.39 Å². The highest BCUT2D eigenvalue weighted by atomic mass is 79.9. The zero-order valence-corrected chi connectivity index (χ0v) is 13.3. The number of nitrogens with two attached hydrogens (primary N) is 1. The summed E-state index contributed by atoms with van der Waals surface area (Å²) in [6.07, 6.45) is 0. The molecule has 0 heterocycles. The van der Waals surface area contributed by atoms with Gasteiger partial charge in [-0.05, 0) is 48.0 Å². The van der Waals surface area contributed by atoms with Gasteiger partial charge in [-0.3, -0.25) is 0 Å². The van der Waals surface area contributed by atoms with E-state index >= 15 is 0 Å². The summed E-state index contributed by atoms with van der Waals surface area (Å²) >= 11 is 8.22. The Kier molecular flexibility index (Phi) is 4.73. The van der Waals surface area contributed by atoms with E-state index in [1.807, 2.05) is 42.3 Å². The molecule has 20 heavy (non-hydrogen) atoms. The smallest absolute Gasteiger partial charge is 0.124 e. The summed E-state index contributed by atoms with van der Waals surface area (Å²) in [5.74, 6) is -0.244. The van der Waals surface area contributed by atoms with Crippen LogP contribution >= 0.6 is 28.1 Å². The van der Waals surface area contributed by atoms with Crippen LogP contribution in [-0.4, -0.2) is 12.0 Å². The van der Waals surface area contributed by atoms with Crippen LogP contribution in [-0.2, 0) is 6.54 Å². The molecule has 0 spiro atoms. The summed E-state index contributed by atoms with van der Waals surface area (Å²) in [5, 5.41) is 0. The van der Waals surface area contributed by atoms with Crippen LogP contribution in [0.25, 0.3) is 0 Å². The lowest BCUT2D eigenvalue weighted by Crippen LogP contribution is -2.17. The predicted octanol–water partition coefficient (Wildman–Crippen LogP) is 3.86. The van der Waals surface area contributed by atoms with E-state index in [1.165, 1.54) is 12.1 Å². The molecular formula is C15H14BrFN2S. The summed E-state index contributed by atoms with van der Waals surface area (Å²) in [6.45, 7) is 0.614. The highest BCUT2D eigenvalue weighted by Crippen LogP contribution is 2.20. The fourth-order valence-corrected chi connectivity index (χ4v) is 2.60. The number of thiocarbonyl (C=S) groups is 1. The van der Waals surface area contributed by atoms with Gasteiger partial charge < -0.3 is 10.6 Å². The largest absolute Gasteiger partial charge is 0.389 e. The Morgan fingerprint density at radius 1 is 1.25 bits per heavy atom. The third-order valence-corrected chi connectivity index (χ3v) is 3.63. The Morgan fingerprint density at radius 3 is 2.45 bits per heavy atom. The molecule has 0 amide bonds. The molecule has 0 aromatic heterocycles. The van der Waals surface area contributed by atoms with E-state index in [2.05, 4.69) is 15.9 Å². The minimum atomic E-state index is -0.244. The maximum Gasteiger partial charge on any atom is 0.124 e. The van der Waals surface area contributed by atoms with Crippen molar-refractivity contribution in [2.75, 3.05) is 11.9 Å². The summed E-state index contributed by atoms with van der Waals surface area (Å²) < 4.78 is 14.1. The van der Waals surface area contributed by atoms with Crippen molar-refractivity contribution in [1.29, 1.82) is 0 Å². The molecule has 0 aliphatic carbocycles. The lowest BCUT2D eigenvalue weighted by Gasteiger charge is -2.20. The molecule has 0 atom stereocenters. The zero-order valence-electron chi connectivity index (χ0n) is 10.9. The van der Waals surface area contributed by atoms with Crippen molar-refractivity contribution in [3.8, 4) is 0 Å². The quantitative estimate of drug-likeness (QED) is 0.847. The molecule has 0 unspecified atom stereocenters. The van der Waals surface area contributed by atoms with Gasteiger partial charge in [0, 0.05) is 29.3 Å². The molecule has 2 nitrogen and oxygen atoms in total. The fourth-order valence-electron chi connectivity index (χ4n) is 1.95. The lowest BCUT2D eigenvalue weighted by atomic mass is 10.1. The highest BCUT2D eigenvalue weighted by Gasteiger charge is 2.05. The topological polar surface area (TPSA) is 29.3 Å². The maximum absolute atomic E-state index is 13.3. The van der Waals surface area contributed by atoms with Crippen molar-refractivity contribution in [1.82, 2.24) is 0 Å². The zero-order chi connectivity index (χ0) is 14.7. The van der Waals surface area contributed by atoms with Crippen LogP contribution in [0, 0.1) is 5.82 Å². The van der Waals surface area contributed by atoms with Crippen LogP contribution in [0.1, 0.15) is 11.1 Å². The summed E-state index contributed by atoms with van der Waals surface area (Å²) in [7, 11) is 1.95. The molecular weight excluding hydrogens is 339 g/mol. The van der Waals surface area contributed by atoms with Crippen molar-refractivity contribution in [2.45, 2.75) is 6.54 Å². The number of hydrogen-bond acceptors (Lipinski definition) is 2. The van der Waals surface area contributed by atoms with Crippen LogP contribution in [0.15, 0.2) is 46.9 Å². The van der Waals surface area contributed by atoms with Gasteiger partial charge in [-0.25, -0.2) is 4.39 Å². The third kappa shape index (κ3) is 3.77. The SMILES string of the molecule is CN(Cc1cc(F)cc(Br)c1)c1ccc(C(N)=S)cc1. The Balaban J connectivity index is 2.14. The van der Waals surface area contributed by atoms with E-state index < -0.39 is 0 Å².